The summed E-state index contributed by atoms with van der Waals surface area (Å²) in [6, 6.07) is -0.805. The molecule has 1 saturated heterocycles. The van der Waals surface area contributed by atoms with Crippen LogP contribution < -0.4 is 5.32 Å². The van der Waals surface area contributed by atoms with Crippen LogP contribution in [0.2, 0.25) is 0 Å². The number of carbonyl (C=O) groups excluding carboxylic acids is 2. The van der Waals surface area contributed by atoms with Crippen molar-refractivity contribution >= 4 is 11.9 Å². The van der Waals surface area contributed by atoms with E-state index in [0.29, 0.717) is 19.4 Å². The van der Waals surface area contributed by atoms with E-state index >= 15 is 0 Å². The van der Waals surface area contributed by atoms with Crippen LogP contribution in [0.3, 0.4) is 0 Å². The second kappa shape index (κ2) is 76.3. The smallest absolute Gasteiger partial charge is 0.305 e. The molecule has 1 heterocycles. The lowest BCUT2D eigenvalue weighted by Crippen LogP contribution is -2.60. The largest absolute Gasteiger partial charge is 0.466 e. The maximum absolute atomic E-state index is 13.1. The Bertz CT molecular complexity index is 1680. The highest BCUT2D eigenvalue weighted by atomic mass is 16.7. The van der Waals surface area contributed by atoms with Crippen LogP contribution in [0.25, 0.3) is 0 Å². The van der Waals surface area contributed by atoms with E-state index in [-0.39, 0.29) is 18.5 Å². The number of unbranched alkanes of at least 4 members (excludes halogenated alkanes) is 63. The van der Waals surface area contributed by atoms with Gasteiger partial charge in [0.15, 0.2) is 6.29 Å². The fourth-order valence-corrected chi connectivity index (χ4v) is 14.3. The molecule has 1 aliphatic heterocycles. The minimum Gasteiger partial charge on any atom is -0.466 e. The lowest BCUT2D eigenvalue weighted by molar-refractivity contribution is -0.302. The first-order valence-corrected chi connectivity index (χ1v) is 43.6. The Kier molecular flexibility index (Phi) is 73.3. The van der Waals surface area contributed by atoms with Crippen LogP contribution >= 0.6 is 0 Å². The van der Waals surface area contributed by atoms with Crippen molar-refractivity contribution in [3.63, 3.8) is 0 Å². The van der Waals surface area contributed by atoms with Gasteiger partial charge in [0.1, 0.15) is 24.4 Å². The van der Waals surface area contributed by atoms with Gasteiger partial charge in [0.25, 0.3) is 0 Å². The molecule has 1 aliphatic rings. The summed E-state index contributed by atoms with van der Waals surface area (Å²) in [5.41, 5.74) is 0. The Morgan fingerprint density at radius 3 is 0.980 bits per heavy atom. The Labute approximate surface area is 607 Å². The zero-order valence-electron chi connectivity index (χ0n) is 65.0. The fourth-order valence-electron chi connectivity index (χ4n) is 14.3. The molecule has 580 valence electrons. The van der Waals surface area contributed by atoms with Gasteiger partial charge in [-0.3, -0.25) is 9.59 Å². The maximum atomic E-state index is 13.1. The number of hydrogen-bond acceptors (Lipinski definition) is 10. The van der Waals surface area contributed by atoms with Crippen LogP contribution in [0.4, 0.5) is 0 Å². The summed E-state index contributed by atoms with van der Waals surface area (Å²) in [6.45, 7) is 4.41. The predicted octanol–water partition coefficient (Wildman–Crippen LogP) is 24.3. The summed E-state index contributed by atoms with van der Waals surface area (Å²) >= 11 is 0. The Hall–Kier alpha value is -1.86. The SMILES string of the molecule is CCCCCCCCC/C=C\CCCCCCCCCC(=O)OCCCCCCCCCCCCCCCCCCCCCCCCCCCCCCCCCCCCCCCCCC(=O)NC(COC1OC(CO)C(O)C(O)C1O)C(O)/C=C/CCCCCCCCCCCCC. The molecule has 0 radical (unpaired) electrons. The molecule has 1 fully saturated rings. The molecule has 11 heteroatoms. The third-order valence-electron chi connectivity index (χ3n) is 21.1. The summed E-state index contributed by atoms with van der Waals surface area (Å²) in [4.78, 5) is 25.2. The highest BCUT2D eigenvalue weighted by molar-refractivity contribution is 5.76. The second-order valence-corrected chi connectivity index (χ2v) is 30.6. The minimum atomic E-state index is -1.57. The van der Waals surface area contributed by atoms with Crippen molar-refractivity contribution in [1.82, 2.24) is 5.32 Å². The van der Waals surface area contributed by atoms with Crippen molar-refractivity contribution in [2.45, 2.75) is 500 Å². The normalized spacial score (nSPS) is 17.2. The number of ether oxygens (including phenoxy) is 3. The van der Waals surface area contributed by atoms with Crippen LogP contribution in [-0.4, -0.2) is 100 Å². The summed E-state index contributed by atoms with van der Waals surface area (Å²) in [7, 11) is 0. The number of nitrogens with one attached hydrogen (secondary N) is 1. The van der Waals surface area contributed by atoms with Gasteiger partial charge in [0, 0.05) is 12.8 Å². The molecule has 98 heavy (non-hydrogen) atoms. The van der Waals surface area contributed by atoms with Gasteiger partial charge in [-0.05, 0) is 57.8 Å². The molecule has 0 aromatic carbocycles. The molecule has 0 aromatic heterocycles. The molecule has 11 nitrogen and oxygen atoms in total. The second-order valence-electron chi connectivity index (χ2n) is 30.6. The molecule has 0 aliphatic carbocycles. The quantitative estimate of drug-likeness (QED) is 0.0195. The van der Waals surface area contributed by atoms with Crippen molar-refractivity contribution in [2.75, 3.05) is 19.8 Å². The van der Waals surface area contributed by atoms with Gasteiger partial charge < -0.3 is 45.1 Å². The number of hydrogen-bond donors (Lipinski definition) is 6. The number of rotatable bonds is 79. The first-order valence-electron chi connectivity index (χ1n) is 43.6. The monoisotopic (exact) mass is 1390 g/mol. The van der Waals surface area contributed by atoms with Gasteiger partial charge in [-0.2, -0.15) is 0 Å². The molecular formula is C87H167NO10. The molecule has 0 aromatic rings. The summed E-state index contributed by atoms with van der Waals surface area (Å²) in [5.74, 6) is -0.156. The molecule has 7 unspecified atom stereocenters. The highest BCUT2D eigenvalue weighted by Gasteiger charge is 2.44. The van der Waals surface area contributed by atoms with Gasteiger partial charge in [-0.15, -0.1) is 0 Å². The van der Waals surface area contributed by atoms with E-state index in [1.807, 2.05) is 6.08 Å². The standard InChI is InChI=1S/C87H167NO10/c1-3-5-7-9-11-13-15-17-18-19-44-47-51-55-59-63-67-71-75-83(92)96-76-72-68-64-60-56-52-48-45-42-40-38-36-34-32-30-28-26-24-22-20-21-23-25-27-29-31-33-35-37-39-41-43-46-50-54-58-62-66-70-74-82(91)88-79(78-97-87-86(95)85(94)84(93)81(77-89)98-87)80(90)73-69-65-61-57-53-49-16-14-12-10-8-6-4-2/h18-19,69,73,79-81,84-87,89-90,93-95H,3-17,20-68,70-72,74-78H2,1-2H3,(H,88,91)/b19-18-,73-69+. The van der Waals surface area contributed by atoms with Crippen molar-refractivity contribution in [2.24, 2.45) is 0 Å². The summed E-state index contributed by atoms with van der Waals surface area (Å²) in [5, 5.41) is 54.6. The van der Waals surface area contributed by atoms with Crippen LogP contribution in [-0.2, 0) is 23.8 Å². The molecule has 1 rings (SSSR count). The number of aliphatic hydroxyl groups is 5. The van der Waals surface area contributed by atoms with Crippen molar-refractivity contribution in [1.29, 1.82) is 0 Å². The van der Waals surface area contributed by atoms with E-state index in [4.69, 9.17) is 14.2 Å². The van der Waals surface area contributed by atoms with Crippen LogP contribution in [0.1, 0.15) is 457 Å². The zero-order valence-corrected chi connectivity index (χ0v) is 65.0. The number of carbonyl (C=O) groups is 2. The molecule has 0 spiro atoms. The van der Waals surface area contributed by atoms with E-state index in [2.05, 4.69) is 31.3 Å². The first-order chi connectivity index (χ1) is 48.2. The third kappa shape index (κ3) is 63.8. The van der Waals surface area contributed by atoms with E-state index < -0.39 is 49.5 Å². The highest BCUT2D eigenvalue weighted by Crippen LogP contribution is 2.24. The molecule has 7 atom stereocenters. The number of aliphatic hydroxyl groups excluding tert-OH is 5. The number of esters is 1. The maximum Gasteiger partial charge on any atom is 0.305 e. The Morgan fingerprint density at radius 1 is 0.367 bits per heavy atom. The van der Waals surface area contributed by atoms with Crippen LogP contribution in [0, 0.1) is 0 Å². The van der Waals surface area contributed by atoms with E-state index in [1.54, 1.807) is 6.08 Å². The molecule has 0 saturated carbocycles. The number of allylic oxidation sites excluding steroid dienone is 3. The molecule has 0 bridgehead atoms. The van der Waals surface area contributed by atoms with E-state index in [0.717, 1.165) is 57.8 Å². The van der Waals surface area contributed by atoms with Gasteiger partial charge in [0.2, 0.25) is 5.91 Å². The Morgan fingerprint density at radius 2 is 0.653 bits per heavy atom. The van der Waals surface area contributed by atoms with Crippen LogP contribution in [0.15, 0.2) is 24.3 Å². The average molecular weight is 1390 g/mol. The van der Waals surface area contributed by atoms with Gasteiger partial charge in [-0.1, -0.05) is 411 Å². The van der Waals surface area contributed by atoms with Gasteiger partial charge >= 0.3 is 5.97 Å². The lowest BCUT2D eigenvalue weighted by Gasteiger charge is -2.40. The van der Waals surface area contributed by atoms with E-state index in [1.165, 1.54) is 372 Å². The average Bonchev–Trinajstić information content (AvgIpc) is 0.825. The minimum absolute atomic E-state index is 0.0166. The number of amides is 1. The van der Waals surface area contributed by atoms with Crippen LogP contribution in [0.5, 0.6) is 0 Å². The first kappa shape index (κ1) is 94.2. The molecule has 6 N–H and O–H groups in total. The van der Waals surface area contributed by atoms with Gasteiger partial charge in [0.05, 0.1) is 32.0 Å². The van der Waals surface area contributed by atoms with Crippen molar-refractivity contribution in [3.8, 4) is 0 Å². The molecular weight excluding hydrogens is 1220 g/mol. The fraction of sp³-hybridized carbons (Fsp3) is 0.931. The predicted molar refractivity (Wildman–Crippen MR) is 417 cm³/mol. The van der Waals surface area contributed by atoms with Crippen molar-refractivity contribution < 1.29 is 49.3 Å². The third-order valence-corrected chi connectivity index (χ3v) is 21.1. The molecule has 1 amide bonds. The zero-order chi connectivity index (χ0) is 70.8. The van der Waals surface area contributed by atoms with Gasteiger partial charge in [-0.25, -0.2) is 0 Å². The Balaban J connectivity index is 1.84. The topological polar surface area (TPSA) is 175 Å². The lowest BCUT2D eigenvalue weighted by atomic mass is 9.99. The summed E-state index contributed by atoms with van der Waals surface area (Å²) < 4.78 is 16.8. The van der Waals surface area contributed by atoms with Crippen molar-refractivity contribution in [3.05, 3.63) is 24.3 Å². The van der Waals surface area contributed by atoms with E-state index in [9.17, 15) is 35.1 Å². The summed E-state index contributed by atoms with van der Waals surface area (Å²) in [6.07, 6.45) is 89.6.